The highest BCUT2D eigenvalue weighted by atomic mass is 16.1. The molecule has 0 unspecified atom stereocenters. The maximum atomic E-state index is 13.5. The maximum Gasteiger partial charge on any atom is 0.333 e. The number of aromatic amines is 1. The number of aromatic nitrogens is 7. The Morgan fingerprint density at radius 1 is 0.971 bits per heavy atom. The fourth-order valence-electron chi connectivity index (χ4n) is 4.54. The van der Waals surface area contributed by atoms with Crippen LogP contribution < -0.4 is 5.69 Å². The molecule has 35 heavy (non-hydrogen) atoms. The largest absolute Gasteiger partial charge is 0.333 e. The van der Waals surface area contributed by atoms with E-state index in [1.165, 1.54) is 0 Å². The Balaban J connectivity index is 1.49. The van der Waals surface area contributed by atoms with Gasteiger partial charge < -0.3 is 0 Å². The van der Waals surface area contributed by atoms with Crippen molar-refractivity contribution in [1.29, 1.82) is 0 Å². The lowest BCUT2D eigenvalue weighted by molar-refractivity contribution is 0.691. The molecule has 0 fully saturated rings. The van der Waals surface area contributed by atoms with E-state index in [2.05, 4.69) is 32.5 Å². The molecular formula is C27H27N7O. The quantitative estimate of drug-likeness (QED) is 0.382. The molecule has 8 heteroatoms. The van der Waals surface area contributed by atoms with E-state index in [0.29, 0.717) is 12.4 Å². The molecule has 0 aliphatic rings. The summed E-state index contributed by atoms with van der Waals surface area (Å²) in [6.45, 7) is 6.73. The number of hydrogen-bond acceptors (Lipinski definition) is 5. The Morgan fingerprint density at radius 2 is 1.74 bits per heavy atom. The number of aryl methyl sites for hydroxylation is 3. The van der Waals surface area contributed by atoms with Gasteiger partial charge in [-0.1, -0.05) is 55.8 Å². The first-order valence-corrected chi connectivity index (χ1v) is 11.7. The number of H-pyrrole nitrogens is 1. The summed E-state index contributed by atoms with van der Waals surface area (Å²) in [7, 11) is 0. The van der Waals surface area contributed by atoms with Crippen molar-refractivity contribution in [3.8, 4) is 28.3 Å². The van der Waals surface area contributed by atoms with Crippen molar-refractivity contribution in [2.45, 2.75) is 40.2 Å². The van der Waals surface area contributed by atoms with E-state index < -0.39 is 0 Å². The summed E-state index contributed by atoms with van der Waals surface area (Å²) in [6, 6.07) is 18.0. The average Bonchev–Trinajstić information content (AvgIpc) is 3.50. The summed E-state index contributed by atoms with van der Waals surface area (Å²) in [5, 5.41) is 14.3. The highest BCUT2D eigenvalue weighted by Crippen LogP contribution is 2.28. The minimum atomic E-state index is -0.0148. The topological polar surface area (TPSA) is 94.3 Å². The van der Waals surface area contributed by atoms with Gasteiger partial charge >= 0.3 is 5.69 Å². The van der Waals surface area contributed by atoms with E-state index in [4.69, 9.17) is 0 Å². The van der Waals surface area contributed by atoms with Crippen molar-refractivity contribution in [3.05, 3.63) is 99.9 Å². The van der Waals surface area contributed by atoms with E-state index in [9.17, 15) is 4.79 Å². The van der Waals surface area contributed by atoms with Crippen molar-refractivity contribution in [2.75, 3.05) is 0 Å². The van der Waals surface area contributed by atoms with Gasteiger partial charge in [0.2, 0.25) is 5.82 Å². The third kappa shape index (κ3) is 4.30. The van der Waals surface area contributed by atoms with Crippen LogP contribution in [0.3, 0.4) is 0 Å². The van der Waals surface area contributed by atoms with Crippen LogP contribution in [-0.2, 0) is 13.0 Å². The Hall–Kier alpha value is -4.33. The standard InChI is InChI=1S/C27H27N7O/c1-4-7-22-17-34(25-18(2)8-5-9-19(25)3)27(35)33(22)16-20-11-13-21(14-12-20)24-23(10-6-15-28-24)26-29-31-32-30-26/h5-6,8-15,17H,4,7,16H2,1-3H3,(H,29,30,31,32). The number of nitrogens with one attached hydrogen (secondary N) is 1. The summed E-state index contributed by atoms with van der Waals surface area (Å²) in [6.07, 6.45) is 5.56. The molecule has 0 atom stereocenters. The molecule has 3 aromatic heterocycles. The van der Waals surface area contributed by atoms with Crippen LogP contribution in [0.4, 0.5) is 0 Å². The van der Waals surface area contributed by atoms with Crippen LogP contribution >= 0.6 is 0 Å². The van der Waals surface area contributed by atoms with Crippen molar-refractivity contribution < 1.29 is 0 Å². The van der Waals surface area contributed by atoms with Crippen molar-refractivity contribution in [1.82, 2.24) is 34.7 Å². The smallest absolute Gasteiger partial charge is 0.292 e. The number of rotatable bonds is 7. The molecule has 8 nitrogen and oxygen atoms in total. The molecule has 1 N–H and O–H groups in total. The van der Waals surface area contributed by atoms with Gasteiger partial charge in [-0.15, -0.1) is 10.2 Å². The Morgan fingerprint density at radius 3 is 2.43 bits per heavy atom. The zero-order valence-corrected chi connectivity index (χ0v) is 20.1. The van der Waals surface area contributed by atoms with Crippen LogP contribution in [0.25, 0.3) is 28.3 Å². The first-order chi connectivity index (χ1) is 17.1. The molecule has 0 saturated carbocycles. The van der Waals surface area contributed by atoms with Crippen molar-refractivity contribution >= 4 is 0 Å². The molecule has 0 aliphatic heterocycles. The fraction of sp³-hybridized carbons (Fsp3) is 0.222. The van der Waals surface area contributed by atoms with Crippen LogP contribution in [0.15, 0.2) is 71.8 Å². The van der Waals surface area contributed by atoms with Crippen LogP contribution in [0.2, 0.25) is 0 Å². The van der Waals surface area contributed by atoms with Gasteiger partial charge in [-0.05, 0) is 54.3 Å². The normalized spacial score (nSPS) is 11.2. The van der Waals surface area contributed by atoms with Gasteiger partial charge in [0.05, 0.1) is 17.9 Å². The van der Waals surface area contributed by atoms with Crippen LogP contribution in [-0.4, -0.2) is 34.7 Å². The van der Waals surface area contributed by atoms with E-state index >= 15 is 0 Å². The molecule has 0 saturated heterocycles. The molecule has 0 amide bonds. The summed E-state index contributed by atoms with van der Waals surface area (Å²) < 4.78 is 3.69. The molecule has 5 rings (SSSR count). The molecular weight excluding hydrogens is 438 g/mol. The molecule has 0 spiro atoms. The van der Waals surface area contributed by atoms with Gasteiger partial charge in [0.25, 0.3) is 0 Å². The molecule has 3 heterocycles. The second kappa shape index (κ2) is 9.50. The second-order valence-corrected chi connectivity index (χ2v) is 8.68. The maximum absolute atomic E-state index is 13.5. The molecule has 0 radical (unpaired) electrons. The number of pyridine rings is 1. The van der Waals surface area contributed by atoms with Gasteiger partial charge in [0.1, 0.15) is 0 Å². The predicted octanol–water partition coefficient (Wildman–Crippen LogP) is 4.50. The molecule has 0 aliphatic carbocycles. The highest BCUT2D eigenvalue weighted by molar-refractivity contribution is 5.76. The van der Waals surface area contributed by atoms with Crippen LogP contribution in [0.1, 0.15) is 35.7 Å². The lowest BCUT2D eigenvalue weighted by atomic mass is 10.0. The SMILES string of the molecule is CCCc1cn(-c2c(C)cccc2C)c(=O)n1Cc1ccc(-c2ncccc2-c2nn[nH]n2)cc1. The zero-order chi connectivity index (χ0) is 24.4. The minimum Gasteiger partial charge on any atom is -0.292 e. The Bertz CT molecular complexity index is 1490. The van der Waals surface area contributed by atoms with Crippen molar-refractivity contribution in [3.63, 3.8) is 0 Å². The summed E-state index contributed by atoms with van der Waals surface area (Å²) in [4.78, 5) is 18.1. The number of nitrogens with zero attached hydrogens (tertiary/aromatic N) is 6. The van der Waals surface area contributed by atoms with Gasteiger partial charge in [0, 0.05) is 29.2 Å². The number of tetrazole rings is 1. The number of benzene rings is 2. The van der Waals surface area contributed by atoms with Gasteiger partial charge in [0.15, 0.2) is 0 Å². The Labute approximate surface area is 203 Å². The van der Waals surface area contributed by atoms with Gasteiger partial charge in [-0.3, -0.25) is 14.1 Å². The van der Waals surface area contributed by atoms with Crippen molar-refractivity contribution in [2.24, 2.45) is 0 Å². The summed E-state index contributed by atoms with van der Waals surface area (Å²) in [5.74, 6) is 0.501. The third-order valence-corrected chi connectivity index (χ3v) is 6.21. The monoisotopic (exact) mass is 465 g/mol. The average molecular weight is 466 g/mol. The minimum absolute atomic E-state index is 0.0148. The first-order valence-electron chi connectivity index (χ1n) is 11.7. The van der Waals surface area contributed by atoms with E-state index in [-0.39, 0.29) is 5.69 Å². The fourth-order valence-corrected chi connectivity index (χ4v) is 4.54. The summed E-state index contributed by atoms with van der Waals surface area (Å²) >= 11 is 0. The molecule has 5 aromatic rings. The molecule has 176 valence electrons. The van der Waals surface area contributed by atoms with Crippen LogP contribution in [0.5, 0.6) is 0 Å². The number of hydrogen-bond donors (Lipinski definition) is 1. The highest BCUT2D eigenvalue weighted by Gasteiger charge is 2.16. The second-order valence-electron chi connectivity index (χ2n) is 8.68. The van der Waals surface area contributed by atoms with Gasteiger partial charge in [-0.2, -0.15) is 5.21 Å². The number of imidazole rings is 1. The lowest BCUT2D eigenvalue weighted by Gasteiger charge is -2.10. The first kappa shape index (κ1) is 22.5. The number of para-hydroxylation sites is 1. The van der Waals surface area contributed by atoms with E-state index in [1.807, 2.05) is 79.2 Å². The Kier molecular flexibility index (Phi) is 6.10. The van der Waals surface area contributed by atoms with E-state index in [1.54, 1.807) is 10.8 Å². The molecule has 2 aromatic carbocycles. The van der Waals surface area contributed by atoms with Gasteiger partial charge in [-0.25, -0.2) is 4.79 Å². The predicted molar refractivity (Wildman–Crippen MR) is 135 cm³/mol. The van der Waals surface area contributed by atoms with Crippen LogP contribution in [0, 0.1) is 13.8 Å². The van der Waals surface area contributed by atoms with E-state index in [0.717, 1.165) is 57.7 Å². The molecule has 0 bridgehead atoms. The zero-order valence-electron chi connectivity index (χ0n) is 20.1. The lowest BCUT2D eigenvalue weighted by Crippen LogP contribution is -2.25. The summed E-state index contributed by atoms with van der Waals surface area (Å²) in [5.41, 5.74) is 7.74. The third-order valence-electron chi connectivity index (χ3n) is 6.21.